The zero-order valence-corrected chi connectivity index (χ0v) is 17.4. The van der Waals surface area contributed by atoms with E-state index in [0.29, 0.717) is 6.61 Å². The second kappa shape index (κ2) is 8.62. The molecule has 26 heavy (non-hydrogen) atoms. The minimum atomic E-state index is -2.57. The summed E-state index contributed by atoms with van der Waals surface area (Å²) < 4.78 is 6.67. The molecule has 1 amide bonds. The van der Waals surface area contributed by atoms with Crippen molar-refractivity contribution in [1.82, 2.24) is 5.06 Å². The maximum atomic E-state index is 12.1. The minimum Gasteiger partial charge on any atom is -0.407 e. The van der Waals surface area contributed by atoms with Gasteiger partial charge in [0.15, 0.2) is 0 Å². The molecule has 0 atom stereocenters. The number of nitrogens with zero attached hydrogens (tertiary/aromatic N) is 1. The van der Waals surface area contributed by atoms with Crippen molar-refractivity contribution in [3.05, 3.63) is 60.7 Å². The third-order valence-corrected chi connectivity index (χ3v) is 9.72. The van der Waals surface area contributed by atoms with Crippen molar-refractivity contribution in [3.63, 3.8) is 0 Å². The first-order chi connectivity index (χ1) is 12.3. The SMILES string of the molecule is CON(C)C(=O)CCO[Si](c1ccccc1)(c1ccccc1)C(C)(C)C. The zero-order valence-electron chi connectivity index (χ0n) is 16.4. The number of amides is 1. The molecule has 0 bridgehead atoms. The van der Waals surface area contributed by atoms with Crippen molar-refractivity contribution in [1.29, 1.82) is 0 Å². The molecule has 0 aliphatic rings. The molecule has 0 aliphatic carbocycles. The number of rotatable bonds is 7. The van der Waals surface area contributed by atoms with E-state index in [4.69, 9.17) is 9.26 Å². The van der Waals surface area contributed by atoms with Gasteiger partial charge in [0.2, 0.25) is 5.91 Å². The molecule has 5 heteroatoms. The summed E-state index contributed by atoms with van der Waals surface area (Å²) in [5.41, 5.74) is 0. The highest BCUT2D eigenvalue weighted by Gasteiger charge is 2.50. The van der Waals surface area contributed by atoms with E-state index in [9.17, 15) is 4.79 Å². The van der Waals surface area contributed by atoms with Gasteiger partial charge >= 0.3 is 0 Å². The monoisotopic (exact) mass is 371 g/mol. The van der Waals surface area contributed by atoms with Gasteiger partial charge in [0, 0.05) is 13.7 Å². The Kier molecular flexibility index (Phi) is 6.75. The summed E-state index contributed by atoms with van der Waals surface area (Å²) in [7, 11) is 0.531. The molecule has 0 saturated heterocycles. The lowest BCUT2D eigenvalue weighted by Crippen LogP contribution is -2.66. The fraction of sp³-hybridized carbons (Fsp3) is 0.381. The van der Waals surface area contributed by atoms with E-state index in [1.54, 1.807) is 7.05 Å². The van der Waals surface area contributed by atoms with Crippen LogP contribution in [0.3, 0.4) is 0 Å². The molecular formula is C21H29NO3Si. The standard InChI is InChI=1S/C21H29NO3Si/c1-21(2,3)26(18-12-8-6-9-13-18,19-14-10-7-11-15-19)25-17-16-20(23)22(4)24-5/h6-15H,16-17H2,1-5H3. The first-order valence-corrected chi connectivity index (χ1v) is 10.8. The lowest BCUT2D eigenvalue weighted by atomic mass is 10.2. The zero-order chi connectivity index (χ0) is 19.2. The Balaban J connectivity index is 2.43. The van der Waals surface area contributed by atoms with Crippen molar-refractivity contribution >= 4 is 24.6 Å². The van der Waals surface area contributed by atoms with Crippen LogP contribution in [0.2, 0.25) is 5.04 Å². The lowest BCUT2D eigenvalue weighted by Gasteiger charge is -2.43. The van der Waals surface area contributed by atoms with Crippen molar-refractivity contribution in [2.75, 3.05) is 20.8 Å². The smallest absolute Gasteiger partial charge is 0.261 e. The highest BCUT2D eigenvalue weighted by atomic mass is 28.4. The van der Waals surface area contributed by atoms with Gasteiger partial charge in [-0.25, -0.2) is 5.06 Å². The topological polar surface area (TPSA) is 38.8 Å². The summed E-state index contributed by atoms with van der Waals surface area (Å²) >= 11 is 0. The van der Waals surface area contributed by atoms with Crippen LogP contribution in [0.15, 0.2) is 60.7 Å². The third-order valence-electron chi connectivity index (χ3n) is 4.68. The van der Waals surface area contributed by atoms with Gasteiger partial charge in [0.25, 0.3) is 8.32 Å². The predicted molar refractivity (Wildman–Crippen MR) is 108 cm³/mol. The van der Waals surface area contributed by atoms with Gasteiger partial charge in [0.1, 0.15) is 0 Å². The Morgan fingerprint density at radius 3 is 1.81 bits per heavy atom. The van der Waals surface area contributed by atoms with Crippen LogP contribution < -0.4 is 10.4 Å². The van der Waals surface area contributed by atoms with Crippen molar-refractivity contribution < 1.29 is 14.1 Å². The molecule has 0 spiro atoms. The highest BCUT2D eigenvalue weighted by Crippen LogP contribution is 2.36. The molecule has 0 heterocycles. The van der Waals surface area contributed by atoms with Crippen LogP contribution in [0.4, 0.5) is 0 Å². The molecule has 2 rings (SSSR count). The summed E-state index contributed by atoms with van der Waals surface area (Å²) in [6.07, 6.45) is 0.287. The first kappa shape index (κ1) is 20.4. The second-order valence-corrected chi connectivity index (χ2v) is 11.6. The predicted octanol–water partition coefficient (Wildman–Crippen LogP) is 2.97. The molecule has 4 nitrogen and oxygen atoms in total. The van der Waals surface area contributed by atoms with E-state index in [1.807, 2.05) is 12.1 Å². The van der Waals surface area contributed by atoms with Crippen LogP contribution in [-0.2, 0) is 14.1 Å². The van der Waals surface area contributed by atoms with E-state index in [-0.39, 0.29) is 17.4 Å². The number of carbonyl (C=O) groups excluding carboxylic acids is 1. The highest BCUT2D eigenvalue weighted by molar-refractivity contribution is 6.99. The van der Waals surface area contributed by atoms with E-state index in [0.717, 1.165) is 0 Å². The van der Waals surface area contributed by atoms with Gasteiger partial charge in [-0.2, -0.15) is 0 Å². The fourth-order valence-corrected chi connectivity index (χ4v) is 7.88. The molecular weight excluding hydrogens is 342 g/mol. The first-order valence-electron chi connectivity index (χ1n) is 8.88. The van der Waals surface area contributed by atoms with E-state index in [2.05, 4.69) is 69.3 Å². The number of carbonyl (C=O) groups is 1. The average molecular weight is 372 g/mol. The molecule has 0 fully saturated rings. The average Bonchev–Trinajstić information content (AvgIpc) is 2.64. The number of hydrogen-bond acceptors (Lipinski definition) is 3. The Bertz CT molecular complexity index is 659. The Morgan fingerprint density at radius 1 is 0.962 bits per heavy atom. The fourth-order valence-electron chi connectivity index (χ4n) is 3.31. The molecule has 0 radical (unpaired) electrons. The van der Waals surface area contributed by atoms with Crippen LogP contribution in [0, 0.1) is 0 Å². The molecule has 0 aliphatic heterocycles. The third kappa shape index (κ3) is 4.23. The van der Waals surface area contributed by atoms with Gasteiger partial charge in [-0.05, 0) is 15.4 Å². The van der Waals surface area contributed by atoms with Crippen molar-refractivity contribution in [2.24, 2.45) is 0 Å². The summed E-state index contributed by atoms with van der Waals surface area (Å²) in [5.74, 6) is -0.0922. The Hall–Kier alpha value is -1.95. The summed E-state index contributed by atoms with van der Waals surface area (Å²) in [6.45, 7) is 7.03. The van der Waals surface area contributed by atoms with E-state index >= 15 is 0 Å². The minimum absolute atomic E-state index is 0.0914. The quantitative estimate of drug-likeness (QED) is 0.555. The van der Waals surface area contributed by atoms with E-state index in [1.165, 1.54) is 22.5 Å². The maximum Gasteiger partial charge on any atom is 0.261 e. The molecule has 140 valence electrons. The summed E-state index contributed by atoms with van der Waals surface area (Å²) in [6, 6.07) is 20.8. The molecule has 0 N–H and O–H groups in total. The molecule has 0 aromatic heterocycles. The van der Waals surface area contributed by atoms with Crippen LogP contribution in [0.1, 0.15) is 27.2 Å². The van der Waals surface area contributed by atoms with Gasteiger partial charge in [-0.3, -0.25) is 9.63 Å². The number of hydrogen-bond donors (Lipinski definition) is 0. The lowest BCUT2D eigenvalue weighted by molar-refractivity contribution is -0.169. The van der Waals surface area contributed by atoms with Crippen LogP contribution in [0.5, 0.6) is 0 Å². The van der Waals surface area contributed by atoms with Gasteiger partial charge in [0.05, 0.1) is 13.5 Å². The van der Waals surface area contributed by atoms with Crippen LogP contribution >= 0.6 is 0 Å². The Morgan fingerprint density at radius 2 is 1.42 bits per heavy atom. The van der Waals surface area contributed by atoms with Gasteiger partial charge in [-0.1, -0.05) is 81.4 Å². The van der Waals surface area contributed by atoms with Crippen molar-refractivity contribution in [2.45, 2.75) is 32.2 Å². The summed E-state index contributed by atoms with van der Waals surface area (Å²) in [4.78, 5) is 17.1. The Labute approximate surface area is 157 Å². The van der Waals surface area contributed by atoms with Crippen molar-refractivity contribution in [3.8, 4) is 0 Å². The molecule has 2 aromatic carbocycles. The molecule has 0 saturated carbocycles. The largest absolute Gasteiger partial charge is 0.407 e. The summed E-state index contributed by atoms with van der Waals surface area (Å²) in [5, 5.41) is 3.58. The van der Waals surface area contributed by atoms with Crippen LogP contribution in [-0.4, -0.2) is 40.1 Å². The van der Waals surface area contributed by atoms with Gasteiger partial charge < -0.3 is 4.43 Å². The number of benzene rings is 2. The second-order valence-electron chi connectivity index (χ2n) is 7.34. The van der Waals surface area contributed by atoms with Gasteiger partial charge in [-0.15, -0.1) is 0 Å². The normalized spacial score (nSPS) is 12.0. The maximum absolute atomic E-state index is 12.1. The molecule has 2 aromatic rings. The van der Waals surface area contributed by atoms with Crippen LogP contribution in [0.25, 0.3) is 0 Å². The number of hydroxylamine groups is 2. The molecule has 0 unspecified atom stereocenters. The van der Waals surface area contributed by atoms with E-state index < -0.39 is 8.32 Å².